The lowest BCUT2D eigenvalue weighted by Gasteiger charge is -2.22. The highest BCUT2D eigenvalue weighted by Gasteiger charge is 2.13. The predicted molar refractivity (Wildman–Crippen MR) is 58.5 cm³/mol. The Morgan fingerprint density at radius 3 is 1.08 bits per heavy atom. The highest BCUT2D eigenvalue weighted by Crippen LogP contribution is 2.27. The van der Waals surface area contributed by atoms with Gasteiger partial charge in [0.1, 0.15) is 0 Å². The van der Waals surface area contributed by atoms with Crippen LogP contribution < -0.4 is 0 Å². The smallest absolute Gasteiger partial charge is 0 e. The highest BCUT2D eigenvalue weighted by atomic mass is 14.2. The molecule has 0 saturated heterocycles. The van der Waals surface area contributed by atoms with E-state index in [1.165, 1.54) is 19.3 Å². The monoisotopic (exact) mass is 167 g/mol. The van der Waals surface area contributed by atoms with Crippen LogP contribution in [0, 0.1) is 10.8 Å². The Hall–Kier alpha value is 0.0649. The zero-order valence-corrected chi connectivity index (χ0v) is 9.70. The average Bonchev–Trinajstić information content (AvgIpc) is 1.55. The van der Waals surface area contributed by atoms with Gasteiger partial charge in [0.15, 0.2) is 0 Å². The van der Waals surface area contributed by atoms with E-state index < -0.39 is 0 Å². The van der Waals surface area contributed by atoms with Crippen molar-refractivity contribution in [2.45, 2.75) is 60.8 Å². The van der Waals surface area contributed by atoms with Crippen molar-refractivity contribution >= 4 is 8.41 Å². The van der Waals surface area contributed by atoms with Crippen LogP contribution >= 0.6 is 0 Å². The largest absolute Gasteiger partial charge is 0.0602 e. The second kappa shape index (κ2) is 4.94. The Morgan fingerprint density at radius 1 is 0.667 bits per heavy atom. The third-order valence-electron chi connectivity index (χ3n) is 1.85. The molecule has 12 heavy (non-hydrogen) atoms. The first-order valence-corrected chi connectivity index (χ1v) is 4.71. The van der Waals surface area contributed by atoms with Crippen molar-refractivity contribution in [1.29, 1.82) is 0 Å². The minimum Gasteiger partial charge on any atom is -0.0602 e. The summed E-state index contributed by atoms with van der Waals surface area (Å²) in [5.41, 5.74) is 1.04. The van der Waals surface area contributed by atoms with E-state index in [2.05, 4.69) is 41.5 Å². The molecule has 0 rings (SSSR count). The molecule has 0 nitrogen and oxygen atoms in total. The average molecular weight is 167 g/mol. The van der Waals surface area contributed by atoms with Crippen LogP contribution in [0.1, 0.15) is 60.8 Å². The predicted octanol–water partition coefficient (Wildman–Crippen LogP) is 3.87. The normalized spacial score (nSPS) is 12.5. The summed E-state index contributed by atoms with van der Waals surface area (Å²) < 4.78 is 0. The molecule has 0 bridgehead atoms. The maximum atomic E-state index is 2.32. The Kier molecular flexibility index (Phi) is 6.00. The van der Waals surface area contributed by atoms with Gasteiger partial charge in [-0.2, -0.15) is 0 Å². The van der Waals surface area contributed by atoms with Crippen molar-refractivity contribution in [2.75, 3.05) is 0 Å². The molecule has 0 aliphatic carbocycles. The summed E-state index contributed by atoms with van der Waals surface area (Å²) in [6.07, 6.45) is 4.07. The molecule has 0 amide bonds. The van der Waals surface area contributed by atoms with Gasteiger partial charge in [0, 0.05) is 8.41 Å². The van der Waals surface area contributed by atoms with Crippen LogP contribution in [0.5, 0.6) is 0 Å². The minimum atomic E-state index is 0. The maximum absolute atomic E-state index is 2.32. The summed E-state index contributed by atoms with van der Waals surface area (Å²) in [7, 11) is 0. The molecule has 0 aromatic heterocycles. The van der Waals surface area contributed by atoms with Gasteiger partial charge in [-0.05, 0) is 23.7 Å². The van der Waals surface area contributed by atoms with Crippen LogP contribution in [-0.4, -0.2) is 8.41 Å². The van der Waals surface area contributed by atoms with E-state index in [0.717, 1.165) is 0 Å². The molecule has 0 aliphatic rings. The molecule has 0 fully saturated rings. The summed E-state index contributed by atoms with van der Waals surface area (Å²) in [5.74, 6) is 0. The third kappa shape index (κ3) is 12.7. The first-order chi connectivity index (χ1) is 4.71. The number of hydrogen-bond donors (Lipinski definition) is 0. The quantitative estimate of drug-likeness (QED) is 0.547. The van der Waals surface area contributed by atoms with Crippen LogP contribution in [0.15, 0.2) is 0 Å². The van der Waals surface area contributed by atoms with Gasteiger partial charge in [-0.1, -0.05) is 48.0 Å². The van der Waals surface area contributed by atoms with Gasteiger partial charge in [0.2, 0.25) is 0 Å². The fourth-order valence-corrected chi connectivity index (χ4v) is 1.15. The van der Waals surface area contributed by atoms with Crippen molar-refractivity contribution in [3.05, 3.63) is 0 Å². The lowest BCUT2D eigenvalue weighted by Crippen LogP contribution is -2.09. The summed E-state index contributed by atoms with van der Waals surface area (Å²) >= 11 is 0. The molecule has 0 aromatic carbocycles. The van der Waals surface area contributed by atoms with Gasteiger partial charge >= 0.3 is 0 Å². The van der Waals surface area contributed by atoms with Crippen molar-refractivity contribution in [1.82, 2.24) is 0 Å². The molecular weight excluding hydrogens is 143 g/mol. The molecule has 3 radical (unpaired) electrons. The number of hydrogen-bond acceptors (Lipinski definition) is 0. The summed E-state index contributed by atoms with van der Waals surface area (Å²) in [6, 6.07) is 0. The van der Waals surface area contributed by atoms with Crippen molar-refractivity contribution in [2.24, 2.45) is 10.8 Å². The number of rotatable bonds is 2. The van der Waals surface area contributed by atoms with Crippen LogP contribution in [0.25, 0.3) is 0 Å². The zero-order valence-electron chi connectivity index (χ0n) is 9.70. The first kappa shape index (κ1) is 14.6. The summed E-state index contributed by atoms with van der Waals surface area (Å²) in [4.78, 5) is 0. The van der Waals surface area contributed by atoms with Gasteiger partial charge in [0.25, 0.3) is 0 Å². The van der Waals surface area contributed by atoms with Crippen LogP contribution in [0.3, 0.4) is 0 Å². The van der Waals surface area contributed by atoms with Gasteiger partial charge in [-0.3, -0.25) is 0 Å². The van der Waals surface area contributed by atoms with Crippen LogP contribution in [0.2, 0.25) is 0 Å². The molecule has 0 aromatic rings. The summed E-state index contributed by atoms with van der Waals surface area (Å²) in [6.45, 7) is 13.9. The van der Waals surface area contributed by atoms with Gasteiger partial charge in [-0.15, -0.1) is 0 Å². The van der Waals surface area contributed by atoms with E-state index in [-0.39, 0.29) is 8.41 Å². The van der Waals surface area contributed by atoms with E-state index in [1.807, 2.05) is 0 Å². The van der Waals surface area contributed by atoms with Crippen molar-refractivity contribution < 1.29 is 0 Å². The molecule has 0 saturated carbocycles. The Balaban J connectivity index is 0. The van der Waals surface area contributed by atoms with E-state index >= 15 is 0 Å². The van der Waals surface area contributed by atoms with Gasteiger partial charge < -0.3 is 0 Å². The van der Waals surface area contributed by atoms with Crippen molar-refractivity contribution in [3.63, 3.8) is 0 Å². The summed E-state index contributed by atoms with van der Waals surface area (Å²) in [5, 5.41) is 0. The Morgan fingerprint density at radius 2 is 0.917 bits per heavy atom. The van der Waals surface area contributed by atoms with Gasteiger partial charge in [0.05, 0.1) is 0 Å². The molecule has 0 unspecified atom stereocenters. The standard InChI is InChI=1S/C11H24.B/c1-10(2,3)8-7-9-11(4,5)6;/h7-9H2,1-6H3;. The molecular formula is C11H24B. The van der Waals surface area contributed by atoms with E-state index in [9.17, 15) is 0 Å². The van der Waals surface area contributed by atoms with Crippen LogP contribution in [0.4, 0.5) is 0 Å². The molecule has 71 valence electrons. The Labute approximate surface area is 80.7 Å². The van der Waals surface area contributed by atoms with E-state index in [0.29, 0.717) is 10.8 Å². The zero-order chi connectivity index (χ0) is 9.12. The molecule has 1 heteroatoms. The minimum absolute atomic E-state index is 0. The molecule has 0 N–H and O–H groups in total. The van der Waals surface area contributed by atoms with E-state index in [1.54, 1.807) is 0 Å². The second-order valence-corrected chi connectivity index (χ2v) is 5.97. The second-order valence-electron chi connectivity index (χ2n) is 5.97. The maximum Gasteiger partial charge on any atom is 0 e. The highest BCUT2D eigenvalue weighted by molar-refractivity contribution is 5.75. The lowest BCUT2D eigenvalue weighted by atomic mass is 9.84. The fourth-order valence-electron chi connectivity index (χ4n) is 1.15. The molecule has 0 aliphatic heterocycles. The van der Waals surface area contributed by atoms with Crippen molar-refractivity contribution in [3.8, 4) is 0 Å². The SMILES string of the molecule is CC(C)(C)CCCC(C)(C)C.[B]. The topological polar surface area (TPSA) is 0 Å². The fraction of sp³-hybridized carbons (Fsp3) is 1.00. The third-order valence-corrected chi connectivity index (χ3v) is 1.85. The Bertz CT molecular complexity index is 89.2. The molecule has 0 spiro atoms. The molecule has 0 atom stereocenters. The first-order valence-electron chi connectivity index (χ1n) is 4.71. The van der Waals surface area contributed by atoms with Crippen LogP contribution in [-0.2, 0) is 0 Å². The van der Waals surface area contributed by atoms with E-state index in [4.69, 9.17) is 0 Å². The van der Waals surface area contributed by atoms with Gasteiger partial charge in [-0.25, -0.2) is 0 Å². The molecule has 0 heterocycles. The lowest BCUT2D eigenvalue weighted by molar-refractivity contribution is 0.301.